The molecule has 17 heavy (non-hydrogen) atoms. The average Bonchev–Trinajstić information content (AvgIpc) is 2.65. The molecule has 1 aliphatic rings. The molecule has 0 amide bonds. The SMILES string of the molecule is C#CONC([C@H]1CC[C@H](C(=O)O)N1)C(C)(C)C. The Kier molecular flexibility index (Phi) is 4.38. The first-order chi connectivity index (χ1) is 7.86. The lowest BCUT2D eigenvalue weighted by Crippen LogP contribution is -2.53. The zero-order valence-corrected chi connectivity index (χ0v) is 10.5. The van der Waals surface area contributed by atoms with E-state index >= 15 is 0 Å². The van der Waals surface area contributed by atoms with Gasteiger partial charge in [-0.2, -0.15) is 0 Å². The summed E-state index contributed by atoms with van der Waals surface area (Å²) in [6.45, 7) is 6.17. The van der Waals surface area contributed by atoms with Gasteiger partial charge in [-0.25, -0.2) is 0 Å². The number of carbonyl (C=O) groups is 1. The van der Waals surface area contributed by atoms with E-state index in [-0.39, 0.29) is 17.5 Å². The van der Waals surface area contributed by atoms with Crippen LogP contribution in [0, 0.1) is 17.9 Å². The second-order valence-corrected chi connectivity index (χ2v) is 5.42. The van der Waals surface area contributed by atoms with Crippen LogP contribution < -0.4 is 10.8 Å². The number of hydrogen-bond donors (Lipinski definition) is 3. The minimum Gasteiger partial charge on any atom is -0.480 e. The molecule has 1 rings (SSSR count). The second kappa shape index (κ2) is 5.39. The van der Waals surface area contributed by atoms with Crippen molar-refractivity contribution in [2.24, 2.45) is 5.41 Å². The summed E-state index contributed by atoms with van der Waals surface area (Å²) in [6, 6.07) is -0.468. The fraction of sp³-hybridized carbons (Fsp3) is 0.750. The number of hydrogen-bond acceptors (Lipinski definition) is 4. The number of rotatable bonds is 4. The maximum absolute atomic E-state index is 10.9. The fourth-order valence-electron chi connectivity index (χ4n) is 2.19. The Morgan fingerprint density at radius 1 is 1.59 bits per heavy atom. The van der Waals surface area contributed by atoms with Crippen LogP contribution in [0.25, 0.3) is 0 Å². The van der Waals surface area contributed by atoms with Crippen molar-refractivity contribution in [3.8, 4) is 12.5 Å². The third kappa shape index (κ3) is 3.62. The molecule has 0 spiro atoms. The van der Waals surface area contributed by atoms with E-state index in [1.807, 2.05) is 0 Å². The Morgan fingerprint density at radius 2 is 2.24 bits per heavy atom. The van der Waals surface area contributed by atoms with Crippen molar-refractivity contribution in [3.05, 3.63) is 0 Å². The average molecular weight is 240 g/mol. The minimum absolute atomic E-state index is 0.0390. The first-order valence-corrected chi connectivity index (χ1v) is 5.72. The molecular weight excluding hydrogens is 220 g/mol. The van der Waals surface area contributed by atoms with Crippen LogP contribution in [0.3, 0.4) is 0 Å². The predicted molar refractivity (Wildman–Crippen MR) is 63.9 cm³/mol. The molecule has 0 aromatic heterocycles. The van der Waals surface area contributed by atoms with Gasteiger partial charge in [0.1, 0.15) is 12.1 Å². The molecule has 0 bridgehead atoms. The zero-order chi connectivity index (χ0) is 13.1. The van der Waals surface area contributed by atoms with Gasteiger partial charge in [0.2, 0.25) is 0 Å². The molecule has 3 N–H and O–H groups in total. The van der Waals surface area contributed by atoms with Gasteiger partial charge >= 0.3 is 5.97 Å². The van der Waals surface area contributed by atoms with Crippen LogP contribution in [-0.2, 0) is 9.63 Å². The van der Waals surface area contributed by atoms with E-state index in [0.29, 0.717) is 6.42 Å². The number of carboxylic acid groups (broad SMARTS) is 1. The second-order valence-electron chi connectivity index (χ2n) is 5.42. The van der Waals surface area contributed by atoms with Crippen molar-refractivity contribution >= 4 is 5.97 Å². The molecule has 5 nitrogen and oxygen atoms in total. The first-order valence-electron chi connectivity index (χ1n) is 5.72. The van der Waals surface area contributed by atoms with Crippen LogP contribution in [0.15, 0.2) is 0 Å². The Hall–Kier alpha value is -1.25. The summed E-state index contributed by atoms with van der Waals surface area (Å²) in [4.78, 5) is 15.7. The number of nitrogens with one attached hydrogen (secondary N) is 2. The molecule has 0 radical (unpaired) electrons. The number of carboxylic acids is 1. The molecule has 1 saturated heterocycles. The lowest BCUT2D eigenvalue weighted by molar-refractivity contribution is -0.139. The van der Waals surface area contributed by atoms with Crippen molar-refractivity contribution < 1.29 is 14.7 Å². The summed E-state index contributed by atoms with van der Waals surface area (Å²) < 4.78 is 0. The van der Waals surface area contributed by atoms with Gasteiger partial charge in [-0.05, 0) is 18.3 Å². The molecule has 1 unspecified atom stereocenters. The van der Waals surface area contributed by atoms with Crippen molar-refractivity contribution in [2.75, 3.05) is 0 Å². The number of aliphatic carboxylic acids is 1. The molecule has 1 fully saturated rings. The van der Waals surface area contributed by atoms with E-state index in [2.05, 4.69) is 37.7 Å². The van der Waals surface area contributed by atoms with Crippen LogP contribution in [0.1, 0.15) is 33.6 Å². The van der Waals surface area contributed by atoms with Gasteiger partial charge in [-0.3, -0.25) is 10.1 Å². The highest BCUT2D eigenvalue weighted by Crippen LogP contribution is 2.27. The Labute approximate surface area is 102 Å². The lowest BCUT2D eigenvalue weighted by Gasteiger charge is -2.34. The highest BCUT2D eigenvalue weighted by Gasteiger charge is 2.39. The summed E-state index contributed by atoms with van der Waals surface area (Å²) in [6.07, 6.45) is 8.54. The third-order valence-corrected chi connectivity index (χ3v) is 3.06. The van der Waals surface area contributed by atoms with Gasteiger partial charge in [0.15, 0.2) is 0 Å². The lowest BCUT2D eigenvalue weighted by atomic mass is 9.82. The monoisotopic (exact) mass is 240 g/mol. The van der Waals surface area contributed by atoms with Crippen LogP contribution in [0.5, 0.6) is 0 Å². The van der Waals surface area contributed by atoms with E-state index in [9.17, 15) is 4.79 Å². The summed E-state index contributed by atoms with van der Waals surface area (Å²) >= 11 is 0. The maximum Gasteiger partial charge on any atom is 0.320 e. The third-order valence-electron chi connectivity index (χ3n) is 3.06. The summed E-state index contributed by atoms with van der Waals surface area (Å²) in [5, 5.41) is 12.0. The Balaban J connectivity index is 2.66. The quantitative estimate of drug-likeness (QED) is 0.499. The van der Waals surface area contributed by atoms with E-state index in [0.717, 1.165) is 6.42 Å². The van der Waals surface area contributed by atoms with Crippen molar-refractivity contribution in [3.63, 3.8) is 0 Å². The zero-order valence-electron chi connectivity index (χ0n) is 10.5. The molecule has 1 aliphatic heterocycles. The molecule has 5 heteroatoms. The van der Waals surface area contributed by atoms with E-state index in [4.69, 9.17) is 16.4 Å². The Morgan fingerprint density at radius 3 is 2.65 bits per heavy atom. The van der Waals surface area contributed by atoms with E-state index in [1.54, 1.807) is 0 Å². The van der Waals surface area contributed by atoms with Crippen LogP contribution in [-0.4, -0.2) is 29.2 Å². The van der Waals surface area contributed by atoms with Crippen molar-refractivity contribution in [1.29, 1.82) is 0 Å². The largest absolute Gasteiger partial charge is 0.480 e. The normalized spacial score (nSPS) is 26.2. The molecule has 0 aromatic rings. The van der Waals surface area contributed by atoms with Crippen LogP contribution in [0.2, 0.25) is 0 Å². The smallest absolute Gasteiger partial charge is 0.320 e. The number of terminal acetylenes is 1. The summed E-state index contributed by atoms with van der Waals surface area (Å²) in [5.41, 5.74) is 2.74. The Bertz CT molecular complexity index is 317. The molecule has 96 valence electrons. The highest BCUT2D eigenvalue weighted by molar-refractivity contribution is 5.73. The topological polar surface area (TPSA) is 70.6 Å². The molecule has 1 heterocycles. The van der Waals surface area contributed by atoms with Gasteiger partial charge < -0.3 is 9.94 Å². The predicted octanol–water partition coefficient (Wildman–Crippen LogP) is 0.718. The van der Waals surface area contributed by atoms with Gasteiger partial charge in [-0.1, -0.05) is 27.2 Å². The van der Waals surface area contributed by atoms with E-state index in [1.165, 1.54) is 0 Å². The molecule has 0 aliphatic carbocycles. The fourth-order valence-corrected chi connectivity index (χ4v) is 2.19. The standard InChI is InChI=1S/C12H20N2O3/c1-5-17-14-10(12(2,3)4)8-6-7-9(13-8)11(15)16/h1,8-10,13-14H,6-7H2,2-4H3,(H,15,16)/t8-,9-,10?/m1/s1. The molecule has 0 aromatic carbocycles. The van der Waals surface area contributed by atoms with Crippen LogP contribution >= 0.6 is 0 Å². The molecule has 0 saturated carbocycles. The minimum atomic E-state index is -0.807. The first kappa shape index (κ1) is 13.8. The van der Waals surface area contributed by atoms with Crippen LogP contribution in [0.4, 0.5) is 0 Å². The van der Waals surface area contributed by atoms with Gasteiger partial charge in [0, 0.05) is 6.04 Å². The van der Waals surface area contributed by atoms with Crippen molar-refractivity contribution in [1.82, 2.24) is 10.8 Å². The summed E-state index contributed by atoms with van der Waals surface area (Å²) in [7, 11) is 0. The van der Waals surface area contributed by atoms with E-state index < -0.39 is 12.0 Å². The highest BCUT2D eigenvalue weighted by atomic mass is 16.6. The molecular formula is C12H20N2O3. The maximum atomic E-state index is 10.9. The van der Waals surface area contributed by atoms with Gasteiger partial charge in [0.25, 0.3) is 0 Å². The number of hydroxylamine groups is 1. The van der Waals surface area contributed by atoms with Gasteiger partial charge in [-0.15, -0.1) is 5.48 Å². The van der Waals surface area contributed by atoms with Crippen molar-refractivity contribution in [2.45, 2.75) is 51.7 Å². The summed E-state index contributed by atoms with van der Waals surface area (Å²) in [5.74, 6) is -0.807. The van der Waals surface area contributed by atoms with Gasteiger partial charge in [0.05, 0.1) is 6.04 Å². The molecule has 3 atom stereocenters.